The van der Waals surface area contributed by atoms with Gasteiger partial charge in [-0.25, -0.2) is 4.79 Å². The molecule has 0 spiro atoms. The molecule has 2 aromatic carbocycles. The summed E-state index contributed by atoms with van der Waals surface area (Å²) >= 11 is 5.90. The fraction of sp³-hybridized carbons (Fsp3) is 0.125. The number of nitrogens with one attached hydrogen (secondary N) is 1. The average Bonchev–Trinajstić information content (AvgIpc) is 2.54. The number of rotatable bonds is 4. The molecular formula is C16H14ClNO4. The van der Waals surface area contributed by atoms with E-state index in [-0.39, 0.29) is 17.9 Å². The Morgan fingerprint density at radius 2 is 1.86 bits per heavy atom. The maximum atomic E-state index is 12.2. The predicted molar refractivity (Wildman–Crippen MR) is 83.1 cm³/mol. The molecule has 0 aliphatic heterocycles. The maximum absolute atomic E-state index is 12.2. The molecule has 0 fully saturated rings. The van der Waals surface area contributed by atoms with Gasteiger partial charge >= 0.3 is 5.97 Å². The van der Waals surface area contributed by atoms with Crippen molar-refractivity contribution < 1.29 is 19.4 Å². The quantitative estimate of drug-likeness (QED) is 0.850. The van der Waals surface area contributed by atoms with Crippen LogP contribution in [0.5, 0.6) is 0 Å². The van der Waals surface area contributed by atoms with Crippen molar-refractivity contribution in [2.75, 3.05) is 12.4 Å². The first-order valence-corrected chi connectivity index (χ1v) is 6.82. The Bertz CT molecular complexity index is 698. The number of ether oxygens (including phenoxy) is 1. The van der Waals surface area contributed by atoms with Gasteiger partial charge in [0.05, 0.1) is 25.0 Å². The Morgan fingerprint density at radius 3 is 2.45 bits per heavy atom. The molecule has 0 aliphatic rings. The number of esters is 1. The summed E-state index contributed by atoms with van der Waals surface area (Å²) in [4.78, 5) is 23.9. The van der Waals surface area contributed by atoms with Gasteiger partial charge in [0.25, 0.3) is 5.91 Å². The number of hydrogen-bond acceptors (Lipinski definition) is 4. The van der Waals surface area contributed by atoms with Crippen LogP contribution in [0.2, 0.25) is 5.02 Å². The highest BCUT2D eigenvalue weighted by Gasteiger charge is 2.15. The smallest absolute Gasteiger partial charge is 0.339 e. The summed E-state index contributed by atoms with van der Waals surface area (Å²) in [5.41, 5.74) is 1.59. The van der Waals surface area contributed by atoms with Crippen LogP contribution in [-0.2, 0) is 11.3 Å². The van der Waals surface area contributed by atoms with Gasteiger partial charge in [-0.05, 0) is 35.9 Å². The number of hydrogen-bond donors (Lipinski definition) is 2. The second kappa shape index (κ2) is 7.06. The van der Waals surface area contributed by atoms with Crippen molar-refractivity contribution in [3.8, 4) is 0 Å². The molecule has 1 amide bonds. The second-order valence-corrected chi connectivity index (χ2v) is 4.93. The molecule has 2 N–H and O–H groups in total. The van der Waals surface area contributed by atoms with Gasteiger partial charge in [0.1, 0.15) is 0 Å². The summed E-state index contributed by atoms with van der Waals surface area (Å²) in [5.74, 6) is -0.959. The number of halogens is 1. The molecule has 114 valence electrons. The van der Waals surface area contributed by atoms with Crippen molar-refractivity contribution in [1.82, 2.24) is 0 Å². The zero-order chi connectivity index (χ0) is 16.1. The van der Waals surface area contributed by atoms with Crippen molar-refractivity contribution in [1.29, 1.82) is 0 Å². The lowest BCUT2D eigenvalue weighted by molar-refractivity contribution is 0.0602. The molecule has 0 saturated carbocycles. The summed E-state index contributed by atoms with van der Waals surface area (Å²) in [5, 5.41) is 12.0. The molecule has 0 bridgehead atoms. The van der Waals surface area contributed by atoms with Crippen LogP contribution in [0.3, 0.4) is 0 Å². The first-order chi connectivity index (χ1) is 10.5. The highest BCUT2D eigenvalue weighted by Crippen LogP contribution is 2.22. The summed E-state index contributed by atoms with van der Waals surface area (Å²) < 4.78 is 4.67. The molecule has 2 rings (SSSR count). The number of methoxy groups -OCH3 is 1. The van der Waals surface area contributed by atoms with Crippen molar-refractivity contribution in [2.45, 2.75) is 6.61 Å². The van der Waals surface area contributed by atoms with Crippen LogP contribution in [-0.4, -0.2) is 24.1 Å². The first-order valence-electron chi connectivity index (χ1n) is 6.44. The largest absolute Gasteiger partial charge is 0.465 e. The summed E-state index contributed by atoms with van der Waals surface area (Å²) in [7, 11) is 1.26. The molecule has 5 nitrogen and oxygen atoms in total. The number of amides is 1. The fourth-order valence-corrected chi connectivity index (χ4v) is 2.04. The minimum absolute atomic E-state index is 0.0946. The third-order valence-corrected chi connectivity index (χ3v) is 3.27. The van der Waals surface area contributed by atoms with Crippen LogP contribution < -0.4 is 5.32 Å². The van der Waals surface area contributed by atoms with E-state index in [4.69, 9.17) is 16.7 Å². The molecule has 0 aromatic heterocycles. The molecule has 0 saturated heterocycles. The Labute approximate surface area is 132 Å². The van der Waals surface area contributed by atoms with E-state index in [1.54, 1.807) is 30.3 Å². The van der Waals surface area contributed by atoms with E-state index >= 15 is 0 Å². The van der Waals surface area contributed by atoms with E-state index in [0.717, 1.165) is 0 Å². The van der Waals surface area contributed by atoms with Crippen molar-refractivity contribution in [3.63, 3.8) is 0 Å². The number of carbonyl (C=O) groups is 2. The Hall–Kier alpha value is -2.37. The van der Waals surface area contributed by atoms with Gasteiger partial charge in [0, 0.05) is 10.6 Å². The van der Waals surface area contributed by atoms with Crippen LogP contribution in [0.25, 0.3) is 0 Å². The van der Waals surface area contributed by atoms with Crippen LogP contribution in [0.15, 0.2) is 42.5 Å². The van der Waals surface area contributed by atoms with E-state index < -0.39 is 11.9 Å². The standard InChI is InChI=1S/C16H14ClNO4/c1-22-16(21)13-7-6-12(17)8-14(13)18-15(20)11-4-2-10(9-19)3-5-11/h2-8,19H,9H2,1H3,(H,18,20). The lowest BCUT2D eigenvalue weighted by Gasteiger charge is -2.10. The molecule has 0 atom stereocenters. The topological polar surface area (TPSA) is 75.6 Å². The molecular weight excluding hydrogens is 306 g/mol. The van der Waals surface area contributed by atoms with Crippen molar-refractivity contribution >= 4 is 29.2 Å². The number of carbonyl (C=O) groups excluding carboxylic acids is 2. The summed E-state index contributed by atoms with van der Waals surface area (Å²) in [6.07, 6.45) is 0. The minimum Gasteiger partial charge on any atom is -0.465 e. The summed E-state index contributed by atoms with van der Waals surface area (Å²) in [6, 6.07) is 11.0. The summed E-state index contributed by atoms with van der Waals surface area (Å²) in [6.45, 7) is -0.0946. The molecule has 0 radical (unpaired) electrons. The monoisotopic (exact) mass is 319 g/mol. The maximum Gasteiger partial charge on any atom is 0.339 e. The lowest BCUT2D eigenvalue weighted by Crippen LogP contribution is -2.15. The molecule has 6 heteroatoms. The van der Waals surface area contributed by atoms with Crippen LogP contribution >= 0.6 is 11.6 Å². The van der Waals surface area contributed by atoms with Gasteiger partial charge in [-0.2, -0.15) is 0 Å². The van der Waals surface area contributed by atoms with E-state index in [0.29, 0.717) is 16.1 Å². The van der Waals surface area contributed by atoms with Crippen molar-refractivity contribution in [2.24, 2.45) is 0 Å². The Morgan fingerprint density at radius 1 is 1.18 bits per heavy atom. The first kappa shape index (κ1) is 16.0. The third-order valence-electron chi connectivity index (χ3n) is 3.03. The SMILES string of the molecule is COC(=O)c1ccc(Cl)cc1NC(=O)c1ccc(CO)cc1. The van der Waals surface area contributed by atoms with Crippen LogP contribution in [0, 0.1) is 0 Å². The molecule has 22 heavy (non-hydrogen) atoms. The normalized spacial score (nSPS) is 10.1. The lowest BCUT2D eigenvalue weighted by atomic mass is 10.1. The van der Waals surface area contributed by atoms with Crippen molar-refractivity contribution in [3.05, 3.63) is 64.2 Å². The molecule has 0 aliphatic carbocycles. The number of anilines is 1. The zero-order valence-corrected chi connectivity index (χ0v) is 12.6. The van der Waals surface area contributed by atoms with E-state index in [9.17, 15) is 9.59 Å². The van der Waals surface area contributed by atoms with E-state index in [1.807, 2.05) is 0 Å². The van der Waals surface area contributed by atoms with Gasteiger partial charge < -0.3 is 15.2 Å². The van der Waals surface area contributed by atoms with E-state index in [2.05, 4.69) is 10.1 Å². The van der Waals surface area contributed by atoms with Gasteiger partial charge in [0.15, 0.2) is 0 Å². The molecule has 2 aromatic rings. The molecule has 0 unspecified atom stereocenters. The minimum atomic E-state index is -0.567. The van der Waals surface area contributed by atoms with E-state index in [1.165, 1.54) is 19.2 Å². The predicted octanol–water partition coefficient (Wildman–Crippen LogP) is 2.87. The third kappa shape index (κ3) is 3.63. The Balaban J connectivity index is 2.27. The number of benzene rings is 2. The second-order valence-electron chi connectivity index (χ2n) is 4.49. The highest BCUT2D eigenvalue weighted by atomic mass is 35.5. The van der Waals surface area contributed by atoms with Gasteiger partial charge in [0.2, 0.25) is 0 Å². The van der Waals surface area contributed by atoms with Gasteiger partial charge in [-0.15, -0.1) is 0 Å². The van der Waals surface area contributed by atoms with Crippen LogP contribution in [0.4, 0.5) is 5.69 Å². The van der Waals surface area contributed by atoms with Crippen LogP contribution in [0.1, 0.15) is 26.3 Å². The average molecular weight is 320 g/mol. The van der Waals surface area contributed by atoms with Gasteiger partial charge in [-0.1, -0.05) is 23.7 Å². The Kier molecular flexibility index (Phi) is 5.14. The highest BCUT2D eigenvalue weighted by molar-refractivity contribution is 6.31. The molecule has 0 heterocycles. The number of aliphatic hydroxyl groups excluding tert-OH is 1. The van der Waals surface area contributed by atoms with Gasteiger partial charge in [-0.3, -0.25) is 4.79 Å². The zero-order valence-electron chi connectivity index (χ0n) is 11.8. The fourth-order valence-electron chi connectivity index (χ4n) is 1.86. The number of aliphatic hydroxyl groups is 1.